The molecule has 1 rings (SSSR count). The molecule has 2 atom stereocenters. The maximum Gasteiger partial charge on any atom is 0.126 e. The quantitative estimate of drug-likeness (QED) is 0.651. The van der Waals surface area contributed by atoms with Crippen LogP contribution in [0.4, 0.5) is 4.39 Å². The highest BCUT2D eigenvalue weighted by atomic mass is 32.2. The molecular weight excluding hydrogens is 269 g/mol. The van der Waals surface area contributed by atoms with Crippen LogP contribution in [0.2, 0.25) is 0 Å². The van der Waals surface area contributed by atoms with E-state index >= 15 is 0 Å². The second kappa shape index (κ2) is 8.68. The van der Waals surface area contributed by atoms with E-state index in [1.54, 1.807) is 6.07 Å². The summed E-state index contributed by atoms with van der Waals surface area (Å²) in [6.07, 6.45) is 2.28. The van der Waals surface area contributed by atoms with Gasteiger partial charge in [0.1, 0.15) is 5.82 Å². The highest BCUT2D eigenvalue weighted by Gasteiger charge is 2.14. The number of thioether (sulfide) groups is 1. The van der Waals surface area contributed by atoms with Gasteiger partial charge in [-0.05, 0) is 56.0 Å². The van der Waals surface area contributed by atoms with Crippen molar-refractivity contribution in [1.82, 2.24) is 5.32 Å². The highest BCUT2D eigenvalue weighted by molar-refractivity contribution is 7.99. The van der Waals surface area contributed by atoms with Crippen LogP contribution in [0.1, 0.15) is 57.7 Å². The fraction of sp³-hybridized carbons (Fsp3) is 0.647. The van der Waals surface area contributed by atoms with E-state index in [0.717, 1.165) is 29.8 Å². The average Bonchev–Trinajstić information content (AvgIpc) is 2.44. The van der Waals surface area contributed by atoms with Gasteiger partial charge >= 0.3 is 0 Å². The van der Waals surface area contributed by atoms with Gasteiger partial charge in [0, 0.05) is 16.7 Å². The number of halogens is 1. The standard InChI is InChI=1S/C17H28FNS/c1-6-8-19-14(5)15-10-16(18)13(4)9-17(15)20-11-12(3)7-2/h9-10,12,14,19H,6-8,11H2,1-5H3. The molecule has 0 radical (unpaired) electrons. The first-order chi connectivity index (χ1) is 9.49. The summed E-state index contributed by atoms with van der Waals surface area (Å²) in [6, 6.07) is 3.91. The minimum absolute atomic E-state index is 0.0990. The van der Waals surface area contributed by atoms with Crippen molar-refractivity contribution >= 4 is 11.8 Å². The highest BCUT2D eigenvalue weighted by Crippen LogP contribution is 2.31. The third-order valence-electron chi connectivity index (χ3n) is 3.68. The smallest absolute Gasteiger partial charge is 0.126 e. The lowest BCUT2D eigenvalue weighted by Crippen LogP contribution is -2.20. The lowest BCUT2D eigenvalue weighted by atomic mass is 10.1. The summed E-state index contributed by atoms with van der Waals surface area (Å²) >= 11 is 1.86. The Morgan fingerprint density at radius 2 is 1.95 bits per heavy atom. The number of rotatable bonds is 8. The molecule has 1 aromatic rings. The maximum atomic E-state index is 13.9. The molecule has 1 nitrogen and oxygen atoms in total. The molecule has 0 amide bonds. The first-order valence-electron chi connectivity index (χ1n) is 7.65. The van der Waals surface area contributed by atoms with Crippen molar-refractivity contribution in [3.8, 4) is 0 Å². The lowest BCUT2D eigenvalue weighted by Gasteiger charge is -2.19. The van der Waals surface area contributed by atoms with Gasteiger partial charge in [-0.2, -0.15) is 0 Å². The summed E-state index contributed by atoms with van der Waals surface area (Å²) < 4.78 is 13.9. The third kappa shape index (κ3) is 5.10. The first-order valence-corrected chi connectivity index (χ1v) is 8.64. The predicted molar refractivity (Wildman–Crippen MR) is 88.0 cm³/mol. The first kappa shape index (κ1) is 17.5. The Labute approximate surface area is 127 Å². The number of benzene rings is 1. The van der Waals surface area contributed by atoms with E-state index in [1.807, 2.05) is 24.8 Å². The topological polar surface area (TPSA) is 12.0 Å². The van der Waals surface area contributed by atoms with Crippen LogP contribution in [-0.4, -0.2) is 12.3 Å². The van der Waals surface area contributed by atoms with Crippen molar-refractivity contribution in [1.29, 1.82) is 0 Å². The molecule has 0 saturated heterocycles. The van der Waals surface area contributed by atoms with Crippen LogP contribution in [0.15, 0.2) is 17.0 Å². The maximum absolute atomic E-state index is 13.9. The second-order valence-corrected chi connectivity index (χ2v) is 6.70. The average molecular weight is 297 g/mol. The van der Waals surface area contributed by atoms with Crippen LogP contribution >= 0.6 is 11.8 Å². The number of nitrogens with one attached hydrogen (secondary N) is 1. The van der Waals surface area contributed by atoms with Crippen molar-refractivity contribution < 1.29 is 4.39 Å². The fourth-order valence-corrected chi connectivity index (χ4v) is 3.32. The molecule has 0 aliphatic heterocycles. The van der Waals surface area contributed by atoms with Crippen molar-refractivity contribution in [2.45, 2.75) is 58.4 Å². The SMILES string of the molecule is CCCNC(C)c1cc(F)c(C)cc1SCC(C)CC. The summed E-state index contributed by atoms with van der Waals surface area (Å²) in [6.45, 7) is 11.6. The van der Waals surface area contributed by atoms with Gasteiger partial charge in [0.2, 0.25) is 0 Å². The van der Waals surface area contributed by atoms with E-state index < -0.39 is 0 Å². The summed E-state index contributed by atoms with van der Waals surface area (Å²) in [5, 5.41) is 3.46. The Kier molecular flexibility index (Phi) is 7.60. The number of aryl methyl sites for hydroxylation is 1. The molecule has 0 saturated carbocycles. The molecule has 0 fully saturated rings. The Morgan fingerprint density at radius 3 is 2.55 bits per heavy atom. The molecule has 0 spiro atoms. The van der Waals surface area contributed by atoms with Crippen LogP contribution in [-0.2, 0) is 0 Å². The summed E-state index contributed by atoms with van der Waals surface area (Å²) in [7, 11) is 0. The molecule has 0 heterocycles. The minimum Gasteiger partial charge on any atom is -0.310 e. The van der Waals surface area contributed by atoms with Gasteiger partial charge in [-0.1, -0.05) is 27.2 Å². The molecule has 0 bridgehead atoms. The van der Waals surface area contributed by atoms with E-state index in [9.17, 15) is 4.39 Å². The summed E-state index contributed by atoms with van der Waals surface area (Å²) in [5.41, 5.74) is 1.83. The molecular formula is C17H28FNS. The molecule has 0 aliphatic rings. The van der Waals surface area contributed by atoms with Crippen LogP contribution < -0.4 is 5.32 Å². The van der Waals surface area contributed by atoms with E-state index in [1.165, 1.54) is 11.3 Å². The largest absolute Gasteiger partial charge is 0.310 e. The molecule has 0 aliphatic carbocycles. The van der Waals surface area contributed by atoms with Gasteiger partial charge in [0.15, 0.2) is 0 Å². The van der Waals surface area contributed by atoms with Crippen molar-refractivity contribution in [2.75, 3.05) is 12.3 Å². The Morgan fingerprint density at radius 1 is 1.25 bits per heavy atom. The molecule has 1 aromatic carbocycles. The molecule has 2 unspecified atom stereocenters. The van der Waals surface area contributed by atoms with Gasteiger partial charge < -0.3 is 5.32 Å². The predicted octanol–water partition coefficient (Wildman–Crippen LogP) is 5.33. The van der Waals surface area contributed by atoms with Gasteiger partial charge in [0.05, 0.1) is 0 Å². The van der Waals surface area contributed by atoms with Crippen LogP contribution in [0.25, 0.3) is 0 Å². The normalized spacial score (nSPS) is 14.3. The third-order valence-corrected chi connectivity index (χ3v) is 5.08. The van der Waals surface area contributed by atoms with E-state index in [0.29, 0.717) is 5.92 Å². The minimum atomic E-state index is -0.0990. The van der Waals surface area contributed by atoms with Gasteiger partial charge in [-0.3, -0.25) is 0 Å². The van der Waals surface area contributed by atoms with E-state index in [-0.39, 0.29) is 11.9 Å². The van der Waals surface area contributed by atoms with Crippen LogP contribution in [0, 0.1) is 18.7 Å². The summed E-state index contributed by atoms with van der Waals surface area (Å²) in [5.74, 6) is 1.69. The Hall–Kier alpha value is -0.540. The van der Waals surface area contributed by atoms with Crippen molar-refractivity contribution in [3.63, 3.8) is 0 Å². The van der Waals surface area contributed by atoms with Crippen molar-refractivity contribution in [3.05, 3.63) is 29.1 Å². The zero-order chi connectivity index (χ0) is 15.1. The summed E-state index contributed by atoms with van der Waals surface area (Å²) in [4.78, 5) is 1.22. The van der Waals surface area contributed by atoms with Crippen LogP contribution in [0.5, 0.6) is 0 Å². The number of hydrogen-bond donors (Lipinski definition) is 1. The molecule has 20 heavy (non-hydrogen) atoms. The van der Waals surface area contributed by atoms with E-state index in [2.05, 4.69) is 33.0 Å². The zero-order valence-electron chi connectivity index (χ0n) is 13.4. The van der Waals surface area contributed by atoms with Gasteiger partial charge in [-0.25, -0.2) is 4.39 Å². The molecule has 3 heteroatoms. The zero-order valence-corrected chi connectivity index (χ0v) is 14.2. The van der Waals surface area contributed by atoms with Crippen LogP contribution in [0.3, 0.4) is 0 Å². The van der Waals surface area contributed by atoms with Gasteiger partial charge in [-0.15, -0.1) is 11.8 Å². The Bertz CT molecular complexity index is 420. The monoisotopic (exact) mass is 297 g/mol. The molecule has 114 valence electrons. The van der Waals surface area contributed by atoms with Crippen molar-refractivity contribution in [2.24, 2.45) is 5.92 Å². The fourth-order valence-electron chi connectivity index (χ4n) is 1.95. The lowest BCUT2D eigenvalue weighted by molar-refractivity contribution is 0.552. The van der Waals surface area contributed by atoms with Gasteiger partial charge in [0.25, 0.3) is 0 Å². The molecule has 1 N–H and O–H groups in total. The Balaban J connectivity index is 2.91. The second-order valence-electron chi connectivity index (χ2n) is 5.64. The molecule has 0 aromatic heterocycles. The number of hydrogen-bond acceptors (Lipinski definition) is 2. The van der Waals surface area contributed by atoms with E-state index in [4.69, 9.17) is 0 Å².